The van der Waals surface area contributed by atoms with E-state index in [2.05, 4.69) is 6.58 Å². The molecule has 3 aromatic rings. The molecule has 0 amide bonds. The monoisotopic (exact) mass is 593 g/mol. The first-order valence-electron chi connectivity index (χ1n) is 11.9. The Morgan fingerprint density at radius 2 is 1.72 bits per heavy atom. The Kier molecular flexibility index (Phi) is 9.31. The molecule has 0 N–H and O–H groups in total. The van der Waals surface area contributed by atoms with Gasteiger partial charge in [0.05, 0.1) is 31.9 Å². The second-order valence-electron chi connectivity index (χ2n) is 9.59. The van der Waals surface area contributed by atoms with Crippen LogP contribution in [0.4, 0.5) is 4.39 Å². The standard InChI is InChI=1S/C29H27Cl3FNO5/c1-7-11-38-27(36)17-13-18(22(33)14-20(17)31)23-15(3)34(8-2)25(16-9-10-19(30)21(32)12-16)24(26(23)35)28(37)39-29(4,5)6/h7,9-10,12-14H,1,8,11H2,2-6H3. The van der Waals surface area contributed by atoms with Gasteiger partial charge in [-0.15, -0.1) is 0 Å². The summed E-state index contributed by atoms with van der Waals surface area (Å²) in [5.41, 5.74) is -1.55. The zero-order chi connectivity index (χ0) is 29.2. The van der Waals surface area contributed by atoms with E-state index in [4.69, 9.17) is 44.3 Å². The van der Waals surface area contributed by atoms with Gasteiger partial charge in [-0.3, -0.25) is 4.79 Å². The van der Waals surface area contributed by atoms with Crippen molar-refractivity contribution in [3.63, 3.8) is 0 Å². The van der Waals surface area contributed by atoms with Crippen LogP contribution in [0.15, 0.2) is 47.8 Å². The number of carbonyl (C=O) groups is 2. The summed E-state index contributed by atoms with van der Waals surface area (Å²) in [5, 5.41) is 0.309. The number of hydrogen-bond donors (Lipinski definition) is 0. The fourth-order valence-electron chi connectivity index (χ4n) is 4.12. The zero-order valence-electron chi connectivity index (χ0n) is 22.1. The molecule has 39 heavy (non-hydrogen) atoms. The van der Waals surface area contributed by atoms with E-state index >= 15 is 4.39 Å². The third-order valence-electron chi connectivity index (χ3n) is 5.72. The molecule has 0 aliphatic rings. The molecule has 206 valence electrons. The van der Waals surface area contributed by atoms with Gasteiger partial charge in [-0.2, -0.15) is 0 Å². The third kappa shape index (κ3) is 6.38. The lowest BCUT2D eigenvalue weighted by molar-refractivity contribution is 0.00680. The Balaban J connectivity index is 2.46. The second kappa shape index (κ2) is 11.9. The maximum absolute atomic E-state index is 15.4. The van der Waals surface area contributed by atoms with Gasteiger partial charge in [-0.1, -0.05) is 53.5 Å². The molecule has 0 radical (unpaired) electrons. The van der Waals surface area contributed by atoms with Crippen molar-refractivity contribution in [2.24, 2.45) is 0 Å². The van der Waals surface area contributed by atoms with Gasteiger partial charge in [0.1, 0.15) is 23.6 Å². The quantitative estimate of drug-likeness (QED) is 0.205. The van der Waals surface area contributed by atoms with Gasteiger partial charge in [-0.25, -0.2) is 14.0 Å². The Bertz CT molecular complexity index is 1540. The predicted octanol–water partition coefficient (Wildman–Crippen LogP) is 7.91. The first kappa shape index (κ1) is 30.4. The van der Waals surface area contributed by atoms with Crippen LogP contribution in [-0.2, 0) is 16.0 Å². The van der Waals surface area contributed by atoms with Crippen LogP contribution in [0.2, 0.25) is 15.1 Å². The zero-order valence-corrected chi connectivity index (χ0v) is 24.4. The van der Waals surface area contributed by atoms with Gasteiger partial charge < -0.3 is 14.0 Å². The Labute approximate surface area is 240 Å². The highest BCUT2D eigenvalue weighted by atomic mass is 35.5. The van der Waals surface area contributed by atoms with E-state index in [0.717, 1.165) is 12.1 Å². The van der Waals surface area contributed by atoms with Crippen molar-refractivity contribution in [2.45, 2.75) is 46.8 Å². The fourth-order valence-corrected chi connectivity index (χ4v) is 4.64. The van der Waals surface area contributed by atoms with Crippen LogP contribution in [0, 0.1) is 12.7 Å². The maximum atomic E-state index is 15.4. The summed E-state index contributed by atoms with van der Waals surface area (Å²) in [4.78, 5) is 40.2. The highest BCUT2D eigenvalue weighted by molar-refractivity contribution is 6.42. The Morgan fingerprint density at radius 3 is 2.28 bits per heavy atom. The van der Waals surface area contributed by atoms with Crippen molar-refractivity contribution in [3.8, 4) is 22.4 Å². The van der Waals surface area contributed by atoms with Gasteiger partial charge in [0.15, 0.2) is 0 Å². The molecule has 0 aliphatic heterocycles. The average Bonchev–Trinajstić information content (AvgIpc) is 2.84. The lowest BCUT2D eigenvalue weighted by atomic mass is 9.94. The number of halogens is 4. The number of aromatic nitrogens is 1. The van der Waals surface area contributed by atoms with Crippen molar-refractivity contribution in [2.75, 3.05) is 6.61 Å². The number of benzene rings is 2. The van der Waals surface area contributed by atoms with E-state index in [1.165, 1.54) is 12.1 Å². The summed E-state index contributed by atoms with van der Waals surface area (Å²) in [6.45, 7) is 12.1. The molecule has 1 heterocycles. The van der Waals surface area contributed by atoms with Crippen molar-refractivity contribution in [1.82, 2.24) is 4.57 Å². The number of esters is 2. The molecule has 0 bridgehead atoms. The minimum absolute atomic E-state index is 0.0926. The van der Waals surface area contributed by atoms with Gasteiger partial charge in [0, 0.05) is 23.4 Å². The van der Waals surface area contributed by atoms with E-state index < -0.39 is 28.8 Å². The Hall–Kier alpha value is -3.13. The van der Waals surface area contributed by atoms with E-state index in [1.54, 1.807) is 51.3 Å². The summed E-state index contributed by atoms with van der Waals surface area (Å²) in [6, 6.07) is 6.78. The SMILES string of the molecule is C=CCOC(=O)c1cc(-c2c(C)n(CC)c(-c3ccc(Cl)c(Cl)c3)c(C(=O)OC(C)(C)C)c2=O)c(F)cc1Cl. The molecule has 0 aliphatic carbocycles. The minimum Gasteiger partial charge on any atom is -0.458 e. The number of hydrogen-bond acceptors (Lipinski definition) is 5. The molecule has 6 nitrogen and oxygen atoms in total. The van der Waals surface area contributed by atoms with E-state index in [9.17, 15) is 14.4 Å². The molecule has 0 saturated carbocycles. The summed E-state index contributed by atoms with van der Waals surface area (Å²) in [5.74, 6) is -2.59. The van der Waals surface area contributed by atoms with Crippen LogP contribution in [-0.4, -0.2) is 28.7 Å². The number of ether oxygens (including phenoxy) is 2. The molecule has 0 saturated heterocycles. The fraction of sp³-hybridized carbons (Fsp3) is 0.276. The lowest BCUT2D eigenvalue weighted by Gasteiger charge is -2.25. The summed E-state index contributed by atoms with van der Waals surface area (Å²) in [6.07, 6.45) is 1.37. The van der Waals surface area contributed by atoms with Crippen LogP contribution in [0.3, 0.4) is 0 Å². The molecule has 0 spiro atoms. The number of carbonyl (C=O) groups excluding carboxylic acids is 2. The number of nitrogens with zero attached hydrogens (tertiary/aromatic N) is 1. The van der Waals surface area contributed by atoms with Gasteiger partial charge in [-0.05, 0) is 58.9 Å². The largest absolute Gasteiger partial charge is 0.458 e. The highest BCUT2D eigenvalue weighted by Crippen LogP contribution is 2.35. The highest BCUT2D eigenvalue weighted by Gasteiger charge is 2.31. The van der Waals surface area contributed by atoms with Gasteiger partial charge in [0.25, 0.3) is 0 Å². The molecule has 3 rings (SSSR count). The van der Waals surface area contributed by atoms with Crippen LogP contribution in [0.1, 0.15) is 54.1 Å². The summed E-state index contributed by atoms with van der Waals surface area (Å²) >= 11 is 18.5. The van der Waals surface area contributed by atoms with Crippen molar-refractivity contribution in [1.29, 1.82) is 0 Å². The normalized spacial score (nSPS) is 11.3. The van der Waals surface area contributed by atoms with E-state index in [0.29, 0.717) is 11.3 Å². The first-order valence-corrected chi connectivity index (χ1v) is 13.1. The summed E-state index contributed by atoms with van der Waals surface area (Å²) < 4.78 is 27.7. The molecule has 2 aromatic carbocycles. The van der Waals surface area contributed by atoms with Crippen molar-refractivity contribution >= 4 is 46.7 Å². The smallest absolute Gasteiger partial charge is 0.344 e. The number of pyridine rings is 1. The summed E-state index contributed by atoms with van der Waals surface area (Å²) in [7, 11) is 0. The lowest BCUT2D eigenvalue weighted by Crippen LogP contribution is -2.31. The molecular formula is C29H27Cl3FNO5. The van der Waals surface area contributed by atoms with Crippen LogP contribution in [0.5, 0.6) is 0 Å². The van der Waals surface area contributed by atoms with Gasteiger partial charge >= 0.3 is 11.9 Å². The van der Waals surface area contributed by atoms with Crippen molar-refractivity contribution in [3.05, 3.63) is 90.9 Å². The molecule has 0 fully saturated rings. The first-order chi connectivity index (χ1) is 18.2. The Morgan fingerprint density at radius 1 is 1.05 bits per heavy atom. The molecule has 10 heteroatoms. The predicted molar refractivity (Wildman–Crippen MR) is 153 cm³/mol. The van der Waals surface area contributed by atoms with Crippen molar-refractivity contribution < 1.29 is 23.5 Å². The third-order valence-corrected chi connectivity index (χ3v) is 6.77. The molecule has 0 unspecified atom stereocenters. The van der Waals surface area contributed by atoms with E-state index in [1.807, 2.05) is 0 Å². The molecule has 1 aromatic heterocycles. The molecule has 0 atom stereocenters. The second-order valence-corrected chi connectivity index (χ2v) is 10.8. The topological polar surface area (TPSA) is 74.6 Å². The number of rotatable bonds is 7. The average molecular weight is 595 g/mol. The van der Waals surface area contributed by atoms with Gasteiger partial charge in [0.2, 0.25) is 5.43 Å². The van der Waals surface area contributed by atoms with Crippen LogP contribution in [0.25, 0.3) is 22.4 Å². The maximum Gasteiger partial charge on any atom is 0.344 e. The van der Waals surface area contributed by atoms with Crippen LogP contribution >= 0.6 is 34.8 Å². The molecular weight excluding hydrogens is 568 g/mol. The van der Waals surface area contributed by atoms with Crippen LogP contribution < -0.4 is 5.43 Å². The van der Waals surface area contributed by atoms with E-state index in [-0.39, 0.29) is 56.2 Å². The minimum atomic E-state index is -0.936.